The van der Waals surface area contributed by atoms with Crippen LogP contribution in [0, 0.1) is 0 Å². The summed E-state index contributed by atoms with van der Waals surface area (Å²) in [5, 5.41) is 6.74. The van der Waals surface area contributed by atoms with Crippen molar-refractivity contribution in [2.24, 2.45) is 0 Å². The van der Waals surface area contributed by atoms with Gasteiger partial charge in [-0.05, 0) is 36.1 Å². The number of nitrogens with one attached hydrogen (secondary N) is 1. The van der Waals surface area contributed by atoms with Crippen LogP contribution in [0.15, 0.2) is 41.1 Å². The fraction of sp³-hybridized carbons (Fsp3) is 0.182. The molecule has 0 aliphatic carbocycles. The zero-order valence-electron chi connectivity index (χ0n) is 7.70. The Morgan fingerprint density at radius 3 is 2.79 bits per heavy atom. The first-order valence-electron chi connectivity index (χ1n) is 4.57. The zero-order valence-corrected chi connectivity index (χ0v) is 9.29. The molecule has 0 fully saturated rings. The summed E-state index contributed by atoms with van der Waals surface area (Å²) >= 11 is 3.46. The molecule has 1 N–H and O–H groups in total. The van der Waals surface area contributed by atoms with Crippen LogP contribution >= 0.6 is 15.9 Å². The summed E-state index contributed by atoms with van der Waals surface area (Å²) in [7, 11) is 0. The number of H-pyrrole nitrogens is 1. The molecular formula is C11H11BrN2. The number of rotatable bonds is 3. The summed E-state index contributed by atoms with van der Waals surface area (Å²) in [6.07, 6.45) is 5.90. The van der Waals surface area contributed by atoms with Crippen LogP contribution in [0.3, 0.4) is 0 Å². The van der Waals surface area contributed by atoms with Gasteiger partial charge in [0.15, 0.2) is 0 Å². The Bertz CT molecular complexity index is 395. The number of hydrogen-bond donors (Lipinski definition) is 1. The van der Waals surface area contributed by atoms with E-state index in [2.05, 4.69) is 44.3 Å². The van der Waals surface area contributed by atoms with Gasteiger partial charge in [-0.3, -0.25) is 5.10 Å². The van der Waals surface area contributed by atoms with Crippen molar-refractivity contribution in [2.75, 3.05) is 0 Å². The van der Waals surface area contributed by atoms with Gasteiger partial charge in [0, 0.05) is 10.7 Å². The lowest BCUT2D eigenvalue weighted by atomic mass is 10.1. The average Bonchev–Trinajstić information content (AvgIpc) is 2.67. The number of benzene rings is 1. The fourth-order valence-electron chi connectivity index (χ4n) is 1.40. The first kappa shape index (κ1) is 9.46. The molecule has 2 nitrogen and oxygen atoms in total. The van der Waals surface area contributed by atoms with E-state index >= 15 is 0 Å². The minimum atomic E-state index is 1.03. The highest BCUT2D eigenvalue weighted by molar-refractivity contribution is 9.10. The quantitative estimate of drug-likeness (QED) is 0.892. The highest BCUT2D eigenvalue weighted by Crippen LogP contribution is 2.13. The molecule has 1 heterocycles. The van der Waals surface area contributed by atoms with Crippen molar-refractivity contribution in [1.82, 2.24) is 10.2 Å². The van der Waals surface area contributed by atoms with Crippen molar-refractivity contribution in [1.29, 1.82) is 0 Å². The lowest BCUT2D eigenvalue weighted by Gasteiger charge is -1.99. The third-order valence-electron chi connectivity index (χ3n) is 2.15. The lowest BCUT2D eigenvalue weighted by Crippen LogP contribution is -1.89. The van der Waals surface area contributed by atoms with E-state index in [4.69, 9.17) is 0 Å². The summed E-state index contributed by atoms with van der Waals surface area (Å²) in [5.41, 5.74) is 2.60. The first-order chi connectivity index (χ1) is 6.84. The fourth-order valence-corrected chi connectivity index (χ4v) is 1.84. The van der Waals surface area contributed by atoms with E-state index in [1.54, 1.807) is 0 Å². The van der Waals surface area contributed by atoms with E-state index < -0.39 is 0 Å². The van der Waals surface area contributed by atoms with Crippen LogP contribution in [0.1, 0.15) is 11.1 Å². The highest BCUT2D eigenvalue weighted by atomic mass is 79.9. The standard InChI is InChI=1S/C11H11BrN2/c12-11-3-1-2-9(6-11)4-5-10-7-13-14-8-10/h1-3,6-8H,4-5H2,(H,13,14). The predicted molar refractivity (Wildman–Crippen MR) is 60.1 cm³/mol. The molecule has 0 aliphatic rings. The number of hydrogen-bond acceptors (Lipinski definition) is 1. The molecule has 0 unspecified atom stereocenters. The predicted octanol–water partition coefficient (Wildman–Crippen LogP) is 2.96. The van der Waals surface area contributed by atoms with E-state index in [1.807, 2.05) is 18.5 Å². The van der Waals surface area contributed by atoms with E-state index in [0.717, 1.165) is 17.3 Å². The summed E-state index contributed by atoms with van der Waals surface area (Å²) in [5.74, 6) is 0. The van der Waals surface area contributed by atoms with Gasteiger partial charge in [-0.25, -0.2) is 0 Å². The van der Waals surface area contributed by atoms with Crippen molar-refractivity contribution in [3.8, 4) is 0 Å². The molecule has 2 rings (SSSR count). The molecule has 72 valence electrons. The van der Waals surface area contributed by atoms with E-state index in [9.17, 15) is 0 Å². The normalized spacial score (nSPS) is 10.4. The molecule has 0 atom stereocenters. The summed E-state index contributed by atoms with van der Waals surface area (Å²) in [6.45, 7) is 0. The Morgan fingerprint density at radius 1 is 1.21 bits per heavy atom. The van der Waals surface area contributed by atoms with Gasteiger partial charge in [0.05, 0.1) is 6.20 Å². The van der Waals surface area contributed by atoms with Crippen molar-refractivity contribution < 1.29 is 0 Å². The minimum Gasteiger partial charge on any atom is -0.285 e. The average molecular weight is 251 g/mol. The van der Waals surface area contributed by atoms with Crippen LogP contribution in [-0.2, 0) is 12.8 Å². The Labute approximate surface area is 91.5 Å². The van der Waals surface area contributed by atoms with Crippen LogP contribution in [-0.4, -0.2) is 10.2 Å². The van der Waals surface area contributed by atoms with E-state index in [0.29, 0.717) is 0 Å². The maximum absolute atomic E-state index is 3.92. The minimum absolute atomic E-state index is 1.03. The molecule has 0 radical (unpaired) electrons. The number of nitrogens with zero attached hydrogens (tertiary/aromatic N) is 1. The molecule has 0 bridgehead atoms. The SMILES string of the molecule is Brc1cccc(CCc2cn[nH]c2)c1. The first-order valence-corrected chi connectivity index (χ1v) is 5.36. The van der Waals surface area contributed by atoms with Crippen molar-refractivity contribution in [2.45, 2.75) is 12.8 Å². The maximum Gasteiger partial charge on any atom is 0.0519 e. The summed E-state index contributed by atoms with van der Waals surface area (Å²) < 4.78 is 1.14. The molecule has 0 aliphatic heterocycles. The van der Waals surface area contributed by atoms with Gasteiger partial charge in [0.25, 0.3) is 0 Å². The van der Waals surface area contributed by atoms with Gasteiger partial charge in [-0.15, -0.1) is 0 Å². The molecular weight excluding hydrogens is 240 g/mol. The summed E-state index contributed by atoms with van der Waals surface area (Å²) in [4.78, 5) is 0. The monoisotopic (exact) mass is 250 g/mol. The third-order valence-corrected chi connectivity index (χ3v) is 2.64. The van der Waals surface area contributed by atoms with Crippen LogP contribution in [0.4, 0.5) is 0 Å². The van der Waals surface area contributed by atoms with Gasteiger partial charge in [0.2, 0.25) is 0 Å². The number of halogens is 1. The molecule has 0 spiro atoms. The molecule has 0 saturated heterocycles. The molecule has 14 heavy (non-hydrogen) atoms. The van der Waals surface area contributed by atoms with Gasteiger partial charge < -0.3 is 0 Å². The van der Waals surface area contributed by atoms with Gasteiger partial charge in [-0.2, -0.15) is 5.10 Å². The van der Waals surface area contributed by atoms with Crippen molar-refractivity contribution in [3.05, 3.63) is 52.3 Å². The Hall–Kier alpha value is -1.09. The van der Waals surface area contributed by atoms with Crippen LogP contribution < -0.4 is 0 Å². The topological polar surface area (TPSA) is 28.7 Å². The number of aromatic amines is 1. The van der Waals surface area contributed by atoms with E-state index in [1.165, 1.54) is 11.1 Å². The Balaban J connectivity index is 1.98. The Kier molecular flexibility index (Phi) is 2.99. The number of aryl methyl sites for hydroxylation is 2. The zero-order chi connectivity index (χ0) is 9.80. The van der Waals surface area contributed by atoms with Crippen LogP contribution in [0.25, 0.3) is 0 Å². The van der Waals surface area contributed by atoms with Crippen molar-refractivity contribution >= 4 is 15.9 Å². The summed E-state index contributed by atoms with van der Waals surface area (Å²) in [6, 6.07) is 8.40. The lowest BCUT2D eigenvalue weighted by molar-refractivity contribution is 0.960. The Morgan fingerprint density at radius 2 is 2.07 bits per heavy atom. The number of aromatic nitrogens is 2. The smallest absolute Gasteiger partial charge is 0.0519 e. The molecule has 2 aromatic rings. The van der Waals surface area contributed by atoms with Crippen LogP contribution in [0.5, 0.6) is 0 Å². The highest BCUT2D eigenvalue weighted by Gasteiger charge is 1.96. The molecule has 1 aromatic heterocycles. The van der Waals surface area contributed by atoms with Crippen LogP contribution in [0.2, 0.25) is 0 Å². The second-order valence-corrected chi connectivity index (χ2v) is 4.15. The van der Waals surface area contributed by atoms with Crippen molar-refractivity contribution in [3.63, 3.8) is 0 Å². The molecule has 1 aromatic carbocycles. The van der Waals surface area contributed by atoms with Gasteiger partial charge in [0.1, 0.15) is 0 Å². The molecule has 0 saturated carbocycles. The van der Waals surface area contributed by atoms with E-state index in [-0.39, 0.29) is 0 Å². The second-order valence-electron chi connectivity index (χ2n) is 3.24. The maximum atomic E-state index is 3.92. The van der Waals surface area contributed by atoms with Gasteiger partial charge >= 0.3 is 0 Å². The third kappa shape index (κ3) is 2.45. The van der Waals surface area contributed by atoms with Gasteiger partial charge in [-0.1, -0.05) is 28.1 Å². The second kappa shape index (κ2) is 4.42. The molecule has 0 amide bonds. The molecule has 3 heteroatoms. The largest absolute Gasteiger partial charge is 0.285 e.